The van der Waals surface area contributed by atoms with E-state index in [1.807, 2.05) is 0 Å². The molecule has 0 atom stereocenters. The number of benzene rings is 2. The lowest BCUT2D eigenvalue weighted by Crippen LogP contribution is -2.03. The number of anilines is 1. The maximum atomic E-state index is 13.5. The van der Waals surface area contributed by atoms with Crippen LogP contribution in [0.1, 0.15) is 5.56 Å². The van der Waals surface area contributed by atoms with Crippen molar-refractivity contribution in [2.75, 3.05) is 5.32 Å². The summed E-state index contributed by atoms with van der Waals surface area (Å²) in [6, 6.07) is 5.12. The first-order valence-electron chi connectivity index (χ1n) is 5.32. The van der Waals surface area contributed by atoms with Crippen molar-refractivity contribution in [3.63, 3.8) is 0 Å². The fourth-order valence-corrected chi connectivity index (χ4v) is 1.90. The summed E-state index contributed by atoms with van der Waals surface area (Å²) in [6.07, 6.45) is 0. The minimum Gasteiger partial charge on any atom is -0.508 e. The van der Waals surface area contributed by atoms with Crippen LogP contribution in [0.25, 0.3) is 0 Å². The number of rotatable bonds is 3. The molecule has 19 heavy (non-hydrogen) atoms. The maximum Gasteiger partial charge on any atom is 0.150 e. The molecule has 0 heterocycles. The SMILES string of the molecule is Oc1cc(F)cc(CNc2c(F)cc(F)cc2Cl)c1. The fraction of sp³-hybridized carbons (Fsp3) is 0.0769. The van der Waals surface area contributed by atoms with Gasteiger partial charge in [-0.15, -0.1) is 0 Å². The molecule has 0 aliphatic carbocycles. The monoisotopic (exact) mass is 287 g/mol. The Morgan fingerprint density at radius 1 is 1.00 bits per heavy atom. The number of hydrogen-bond donors (Lipinski definition) is 2. The Balaban J connectivity index is 2.19. The molecule has 6 heteroatoms. The van der Waals surface area contributed by atoms with Gasteiger partial charge in [0.2, 0.25) is 0 Å². The first kappa shape index (κ1) is 13.5. The zero-order valence-electron chi connectivity index (χ0n) is 9.55. The number of aromatic hydroxyl groups is 1. The minimum atomic E-state index is -0.842. The number of hydrogen-bond acceptors (Lipinski definition) is 2. The highest BCUT2D eigenvalue weighted by atomic mass is 35.5. The van der Waals surface area contributed by atoms with E-state index in [-0.39, 0.29) is 23.0 Å². The lowest BCUT2D eigenvalue weighted by molar-refractivity contribution is 0.468. The standard InChI is InChI=1S/C13H9ClF3NO/c14-11-4-9(16)5-12(17)13(11)18-6-7-1-8(15)3-10(19)2-7/h1-5,18-19H,6H2. The molecule has 2 rings (SSSR count). The van der Waals surface area contributed by atoms with Crippen molar-refractivity contribution in [2.24, 2.45) is 0 Å². The van der Waals surface area contributed by atoms with Gasteiger partial charge in [0, 0.05) is 18.7 Å². The third kappa shape index (κ3) is 3.32. The number of nitrogens with one attached hydrogen (secondary N) is 1. The van der Waals surface area contributed by atoms with Crippen molar-refractivity contribution >= 4 is 17.3 Å². The van der Waals surface area contributed by atoms with E-state index < -0.39 is 17.5 Å². The Bertz CT molecular complexity index is 576. The predicted octanol–water partition coefficient (Wildman–Crippen LogP) is 4.08. The van der Waals surface area contributed by atoms with Crippen LogP contribution < -0.4 is 5.32 Å². The Morgan fingerprint density at radius 3 is 2.32 bits per heavy atom. The Labute approximate surface area is 112 Å². The molecule has 2 aromatic rings. The quantitative estimate of drug-likeness (QED) is 0.892. The van der Waals surface area contributed by atoms with Crippen molar-refractivity contribution < 1.29 is 18.3 Å². The fourth-order valence-electron chi connectivity index (χ4n) is 1.64. The molecule has 100 valence electrons. The second-order valence-corrected chi connectivity index (χ2v) is 4.32. The lowest BCUT2D eigenvalue weighted by atomic mass is 10.2. The average Bonchev–Trinajstić information content (AvgIpc) is 2.25. The highest BCUT2D eigenvalue weighted by molar-refractivity contribution is 6.33. The van der Waals surface area contributed by atoms with E-state index in [0.29, 0.717) is 11.6 Å². The molecule has 0 radical (unpaired) electrons. The summed E-state index contributed by atoms with van der Waals surface area (Å²) >= 11 is 5.70. The van der Waals surface area contributed by atoms with Gasteiger partial charge in [-0.25, -0.2) is 13.2 Å². The molecule has 2 nitrogen and oxygen atoms in total. The highest BCUT2D eigenvalue weighted by Crippen LogP contribution is 2.27. The van der Waals surface area contributed by atoms with Crippen LogP contribution >= 0.6 is 11.6 Å². The molecule has 0 fully saturated rings. The van der Waals surface area contributed by atoms with Gasteiger partial charge in [-0.05, 0) is 23.8 Å². The van der Waals surface area contributed by atoms with Gasteiger partial charge in [0.15, 0.2) is 5.82 Å². The smallest absolute Gasteiger partial charge is 0.150 e. The van der Waals surface area contributed by atoms with E-state index in [1.54, 1.807) is 0 Å². The second-order valence-electron chi connectivity index (χ2n) is 3.92. The van der Waals surface area contributed by atoms with Crippen LogP contribution in [0.5, 0.6) is 5.75 Å². The van der Waals surface area contributed by atoms with Crippen LogP contribution in [-0.2, 0) is 6.54 Å². The summed E-state index contributed by atoms with van der Waals surface area (Å²) in [4.78, 5) is 0. The van der Waals surface area contributed by atoms with E-state index >= 15 is 0 Å². The van der Waals surface area contributed by atoms with Crippen molar-refractivity contribution in [2.45, 2.75) is 6.54 Å². The molecule has 0 saturated carbocycles. The molecule has 0 bridgehead atoms. The predicted molar refractivity (Wildman–Crippen MR) is 66.8 cm³/mol. The van der Waals surface area contributed by atoms with Crippen LogP contribution in [0.3, 0.4) is 0 Å². The molecule has 2 N–H and O–H groups in total. The maximum absolute atomic E-state index is 13.5. The largest absolute Gasteiger partial charge is 0.508 e. The highest BCUT2D eigenvalue weighted by Gasteiger charge is 2.10. The van der Waals surface area contributed by atoms with E-state index in [2.05, 4.69) is 5.32 Å². The molecule has 0 aliphatic heterocycles. The minimum absolute atomic E-state index is 0.0353. The van der Waals surface area contributed by atoms with E-state index in [0.717, 1.165) is 12.1 Å². The van der Waals surface area contributed by atoms with Gasteiger partial charge < -0.3 is 10.4 Å². The van der Waals surface area contributed by atoms with Gasteiger partial charge in [0.25, 0.3) is 0 Å². The topological polar surface area (TPSA) is 32.3 Å². The Hall–Kier alpha value is -1.88. The Morgan fingerprint density at radius 2 is 1.68 bits per heavy atom. The lowest BCUT2D eigenvalue weighted by Gasteiger charge is -2.10. The number of phenols is 1. The molecular formula is C13H9ClF3NO. The third-order valence-electron chi connectivity index (χ3n) is 2.42. The van der Waals surface area contributed by atoms with Crippen LogP contribution in [0.4, 0.5) is 18.9 Å². The molecule has 0 saturated heterocycles. The first-order chi connectivity index (χ1) is 8.95. The summed E-state index contributed by atoms with van der Waals surface area (Å²) in [5.74, 6) is -2.47. The van der Waals surface area contributed by atoms with Crippen molar-refractivity contribution in [1.82, 2.24) is 0 Å². The van der Waals surface area contributed by atoms with Gasteiger partial charge in [0.1, 0.15) is 17.4 Å². The normalized spacial score (nSPS) is 10.5. The molecule has 0 spiro atoms. The van der Waals surface area contributed by atoms with Crippen LogP contribution in [-0.4, -0.2) is 5.11 Å². The van der Waals surface area contributed by atoms with Crippen molar-refractivity contribution in [3.8, 4) is 5.75 Å². The van der Waals surface area contributed by atoms with E-state index in [9.17, 15) is 18.3 Å². The van der Waals surface area contributed by atoms with E-state index in [1.165, 1.54) is 12.1 Å². The molecule has 0 unspecified atom stereocenters. The zero-order valence-corrected chi connectivity index (χ0v) is 10.3. The zero-order chi connectivity index (χ0) is 14.0. The van der Waals surface area contributed by atoms with Gasteiger partial charge in [-0.2, -0.15) is 0 Å². The van der Waals surface area contributed by atoms with Crippen molar-refractivity contribution in [1.29, 1.82) is 0 Å². The average molecular weight is 288 g/mol. The number of halogens is 4. The third-order valence-corrected chi connectivity index (χ3v) is 2.72. The summed E-state index contributed by atoms with van der Waals surface area (Å²) in [6.45, 7) is 0.0353. The van der Waals surface area contributed by atoms with Crippen LogP contribution in [0, 0.1) is 17.5 Å². The molecule has 0 amide bonds. The summed E-state index contributed by atoms with van der Waals surface area (Å²) in [5, 5.41) is 11.7. The molecule has 0 aliphatic rings. The summed E-state index contributed by atoms with van der Waals surface area (Å²) < 4.78 is 39.3. The molecule has 0 aromatic heterocycles. The van der Waals surface area contributed by atoms with Gasteiger partial charge in [0.05, 0.1) is 10.7 Å². The molecular weight excluding hydrogens is 279 g/mol. The summed E-state index contributed by atoms with van der Waals surface area (Å²) in [5.41, 5.74) is 0.323. The van der Waals surface area contributed by atoms with E-state index in [4.69, 9.17) is 11.6 Å². The number of phenolic OH excluding ortho intramolecular Hbond substituents is 1. The first-order valence-corrected chi connectivity index (χ1v) is 5.70. The molecule has 2 aromatic carbocycles. The summed E-state index contributed by atoms with van der Waals surface area (Å²) in [7, 11) is 0. The van der Waals surface area contributed by atoms with Crippen molar-refractivity contribution in [3.05, 3.63) is 58.4 Å². The Kier molecular flexibility index (Phi) is 3.85. The van der Waals surface area contributed by atoms with Crippen LogP contribution in [0.2, 0.25) is 5.02 Å². The van der Waals surface area contributed by atoms with Crippen LogP contribution in [0.15, 0.2) is 30.3 Å². The van der Waals surface area contributed by atoms with Gasteiger partial charge >= 0.3 is 0 Å². The second kappa shape index (κ2) is 5.40. The van der Waals surface area contributed by atoms with Gasteiger partial charge in [-0.1, -0.05) is 11.6 Å². The van der Waals surface area contributed by atoms with Gasteiger partial charge in [-0.3, -0.25) is 0 Å².